The van der Waals surface area contributed by atoms with E-state index in [9.17, 15) is 9.59 Å². The Hall–Kier alpha value is -4.67. The standard InChI is InChI=1S/C36H34BrClN4O5/c1-6-46-31-15-22(4)28(17-27(31)21(2)3)35-41-30-10-8-7-9-26(30)36(44)42(35)39-19-23-16-32(45-5)33(18-29(23)37)47-20-34(43)40-25-13-11-24(38)12-14-25/h7-19,21H,6,20H2,1-5H3,(H,40,43). The van der Waals surface area contributed by atoms with Crippen molar-refractivity contribution in [3.8, 4) is 28.6 Å². The van der Waals surface area contributed by atoms with Crippen LogP contribution in [0.4, 0.5) is 5.69 Å². The third-order valence-electron chi connectivity index (χ3n) is 7.36. The van der Waals surface area contributed by atoms with Crippen LogP contribution in [0.25, 0.3) is 22.3 Å². The van der Waals surface area contributed by atoms with Gasteiger partial charge in [0, 0.05) is 26.3 Å². The van der Waals surface area contributed by atoms with Gasteiger partial charge in [0.15, 0.2) is 23.9 Å². The van der Waals surface area contributed by atoms with Gasteiger partial charge in [-0.15, -0.1) is 0 Å². The second-order valence-electron chi connectivity index (χ2n) is 11.0. The molecular weight excluding hydrogens is 684 g/mol. The number of hydrogen-bond acceptors (Lipinski definition) is 7. The summed E-state index contributed by atoms with van der Waals surface area (Å²) in [6.45, 7) is 8.41. The lowest BCUT2D eigenvalue weighted by Gasteiger charge is -2.18. The molecule has 242 valence electrons. The van der Waals surface area contributed by atoms with E-state index in [1.807, 2.05) is 38.1 Å². The second-order valence-corrected chi connectivity index (χ2v) is 12.3. The van der Waals surface area contributed by atoms with Crippen molar-refractivity contribution in [2.24, 2.45) is 5.10 Å². The number of aryl methyl sites for hydroxylation is 1. The smallest absolute Gasteiger partial charge is 0.282 e. The van der Waals surface area contributed by atoms with Crippen LogP contribution in [0.5, 0.6) is 17.2 Å². The van der Waals surface area contributed by atoms with Gasteiger partial charge in [-0.2, -0.15) is 9.78 Å². The maximum atomic E-state index is 13.9. The van der Waals surface area contributed by atoms with Gasteiger partial charge in [0.1, 0.15) is 5.75 Å². The van der Waals surface area contributed by atoms with E-state index in [0.717, 1.165) is 22.4 Å². The Morgan fingerprint density at radius 1 is 1.04 bits per heavy atom. The van der Waals surface area contributed by atoms with Gasteiger partial charge in [-0.25, -0.2) is 4.98 Å². The Labute approximate surface area is 286 Å². The summed E-state index contributed by atoms with van der Waals surface area (Å²) in [5, 5.41) is 8.43. The molecule has 0 saturated carbocycles. The second kappa shape index (κ2) is 14.8. The van der Waals surface area contributed by atoms with Crippen molar-refractivity contribution in [3.63, 3.8) is 0 Å². The third-order valence-corrected chi connectivity index (χ3v) is 8.29. The Balaban J connectivity index is 1.50. The molecule has 0 aliphatic rings. The van der Waals surface area contributed by atoms with E-state index in [1.54, 1.807) is 54.7 Å². The number of halogens is 2. The first-order valence-electron chi connectivity index (χ1n) is 15.0. The van der Waals surface area contributed by atoms with Gasteiger partial charge >= 0.3 is 0 Å². The van der Waals surface area contributed by atoms with E-state index in [-0.39, 0.29) is 24.0 Å². The fraction of sp³-hybridized carbons (Fsp3) is 0.222. The van der Waals surface area contributed by atoms with Crippen molar-refractivity contribution in [3.05, 3.63) is 109 Å². The minimum Gasteiger partial charge on any atom is -0.494 e. The summed E-state index contributed by atoms with van der Waals surface area (Å²) in [5.41, 5.74) is 4.15. The highest BCUT2D eigenvalue weighted by atomic mass is 79.9. The first-order valence-corrected chi connectivity index (χ1v) is 16.2. The van der Waals surface area contributed by atoms with Crippen LogP contribution in [0.2, 0.25) is 5.02 Å². The number of anilines is 1. The molecule has 1 N–H and O–H groups in total. The largest absolute Gasteiger partial charge is 0.494 e. The van der Waals surface area contributed by atoms with Gasteiger partial charge < -0.3 is 19.5 Å². The van der Waals surface area contributed by atoms with E-state index < -0.39 is 0 Å². The number of benzene rings is 4. The molecule has 0 unspecified atom stereocenters. The summed E-state index contributed by atoms with van der Waals surface area (Å²) in [6.07, 6.45) is 1.55. The van der Waals surface area contributed by atoms with Crippen LogP contribution >= 0.6 is 27.5 Å². The Morgan fingerprint density at radius 2 is 1.79 bits per heavy atom. The van der Waals surface area contributed by atoms with Gasteiger partial charge in [0.25, 0.3) is 11.5 Å². The van der Waals surface area contributed by atoms with E-state index in [0.29, 0.717) is 55.6 Å². The number of amides is 1. The molecule has 0 fully saturated rings. The number of fused-ring (bicyclic) bond motifs is 1. The molecule has 5 rings (SSSR count). The van der Waals surface area contributed by atoms with Crippen LogP contribution in [-0.4, -0.2) is 42.1 Å². The topological polar surface area (TPSA) is 104 Å². The SMILES string of the molecule is CCOc1cc(C)c(-c2nc3ccccc3c(=O)n2N=Cc2cc(OC)c(OCC(=O)Nc3ccc(Cl)cc3)cc2Br)cc1C(C)C. The summed E-state index contributed by atoms with van der Waals surface area (Å²) in [7, 11) is 1.50. The number of rotatable bonds is 11. The molecule has 0 radical (unpaired) electrons. The number of nitrogens with zero attached hydrogens (tertiary/aromatic N) is 3. The molecule has 47 heavy (non-hydrogen) atoms. The third kappa shape index (κ3) is 7.66. The van der Waals surface area contributed by atoms with Crippen molar-refractivity contribution in [1.82, 2.24) is 9.66 Å². The van der Waals surface area contributed by atoms with Crippen molar-refractivity contribution < 1.29 is 19.0 Å². The van der Waals surface area contributed by atoms with Crippen LogP contribution in [0, 0.1) is 6.92 Å². The number of methoxy groups -OCH3 is 1. The minimum atomic E-state index is -0.350. The van der Waals surface area contributed by atoms with Crippen LogP contribution in [0.1, 0.15) is 43.4 Å². The molecule has 5 aromatic rings. The molecule has 0 spiro atoms. The lowest BCUT2D eigenvalue weighted by molar-refractivity contribution is -0.118. The van der Waals surface area contributed by atoms with E-state index in [4.69, 9.17) is 30.8 Å². The molecule has 0 bridgehead atoms. The van der Waals surface area contributed by atoms with Crippen molar-refractivity contribution in [2.75, 3.05) is 25.6 Å². The predicted octanol–water partition coefficient (Wildman–Crippen LogP) is 8.22. The number of carbonyl (C=O) groups is 1. The number of carbonyl (C=O) groups excluding carboxylic acids is 1. The van der Waals surface area contributed by atoms with Crippen molar-refractivity contribution >= 4 is 56.2 Å². The fourth-order valence-corrected chi connectivity index (χ4v) is 5.54. The van der Waals surface area contributed by atoms with Gasteiger partial charge in [0.05, 0.1) is 30.8 Å². The number of hydrogen-bond donors (Lipinski definition) is 1. The monoisotopic (exact) mass is 716 g/mol. The van der Waals surface area contributed by atoms with Crippen LogP contribution in [0.3, 0.4) is 0 Å². The molecule has 0 atom stereocenters. The molecule has 0 saturated heterocycles. The highest BCUT2D eigenvalue weighted by molar-refractivity contribution is 9.10. The number of ether oxygens (including phenoxy) is 3. The molecular formula is C36H34BrClN4O5. The normalized spacial score (nSPS) is 11.3. The van der Waals surface area contributed by atoms with Gasteiger partial charge in [-0.3, -0.25) is 9.59 Å². The Morgan fingerprint density at radius 3 is 2.49 bits per heavy atom. The maximum absolute atomic E-state index is 13.9. The van der Waals surface area contributed by atoms with Gasteiger partial charge in [0.2, 0.25) is 0 Å². The van der Waals surface area contributed by atoms with E-state index in [1.165, 1.54) is 11.8 Å². The fourth-order valence-electron chi connectivity index (χ4n) is 4.99. The lowest BCUT2D eigenvalue weighted by atomic mass is 9.96. The number of nitrogens with one attached hydrogen (secondary N) is 1. The molecule has 4 aromatic carbocycles. The summed E-state index contributed by atoms with van der Waals surface area (Å²) in [6, 6.07) is 21.4. The van der Waals surface area contributed by atoms with Crippen LogP contribution in [-0.2, 0) is 4.79 Å². The zero-order valence-corrected chi connectivity index (χ0v) is 29.0. The molecule has 1 heterocycles. The zero-order valence-electron chi connectivity index (χ0n) is 26.6. The summed E-state index contributed by atoms with van der Waals surface area (Å²) in [4.78, 5) is 31.3. The highest BCUT2D eigenvalue weighted by Crippen LogP contribution is 2.35. The van der Waals surface area contributed by atoms with Crippen molar-refractivity contribution in [1.29, 1.82) is 0 Å². The van der Waals surface area contributed by atoms with Gasteiger partial charge in [-0.1, -0.05) is 37.6 Å². The molecule has 1 aromatic heterocycles. The molecule has 0 aliphatic carbocycles. The lowest BCUT2D eigenvalue weighted by Crippen LogP contribution is -2.21. The number of para-hydroxylation sites is 1. The Bertz CT molecular complexity index is 2030. The average Bonchev–Trinajstić information content (AvgIpc) is 3.05. The van der Waals surface area contributed by atoms with Crippen molar-refractivity contribution in [2.45, 2.75) is 33.6 Å². The highest BCUT2D eigenvalue weighted by Gasteiger charge is 2.19. The molecule has 9 nitrogen and oxygen atoms in total. The number of aromatic nitrogens is 2. The summed E-state index contributed by atoms with van der Waals surface area (Å²) in [5.74, 6) is 1.76. The van der Waals surface area contributed by atoms with Crippen LogP contribution in [0.15, 0.2) is 87.2 Å². The van der Waals surface area contributed by atoms with Crippen LogP contribution < -0.4 is 25.1 Å². The minimum absolute atomic E-state index is 0.174. The first kappa shape index (κ1) is 33.7. The predicted molar refractivity (Wildman–Crippen MR) is 191 cm³/mol. The Kier molecular flexibility index (Phi) is 10.6. The average molecular weight is 718 g/mol. The molecule has 1 amide bonds. The zero-order chi connectivity index (χ0) is 33.7. The first-order chi connectivity index (χ1) is 22.6. The van der Waals surface area contributed by atoms with E-state index in [2.05, 4.69) is 40.2 Å². The molecule has 0 aliphatic heterocycles. The summed E-state index contributed by atoms with van der Waals surface area (Å²) < 4.78 is 19.2. The quantitative estimate of drug-likeness (QED) is 0.138. The molecule has 11 heteroatoms. The summed E-state index contributed by atoms with van der Waals surface area (Å²) >= 11 is 9.50. The van der Waals surface area contributed by atoms with Gasteiger partial charge in [-0.05, 0) is 107 Å². The maximum Gasteiger partial charge on any atom is 0.282 e. The van der Waals surface area contributed by atoms with E-state index >= 15 is 0 Å².